The summed E-state index contributed by atoms with van der Waals surface area (Å²) in [6.45, 7) is 8.56. The minimum atomic E-state index is 0.0600. The molecule has 8 heteroatoms. The highest BCUT2D eigenvalue weighted by atomic mass is 32.1. The lowest BCUT2D eigenvalue weighted by atomic mass is 10.2. The largest absolute Gasteiger partial charge is 0.356 e. The number of likely N-dealkylation sites (tertiary alicyclic amines) is 1. The SMILES string of the molecule is CN=C(NCCc1csc(N2CCCC2)n1)NC1CCN(C(=O)C(C)C)C1. The smallest absolute Gasteiger partial charge is 0.225 e. The minimum Gasteiger partial charge on any atom is -0.356 e. The van der Waals surface area contributed by atoms with Crippen molar-refractivity contribution in [3.63, 3.8) is 0 Å². The zero-order valence-corrected chi connectivity index (χ0v) is 17.5. The number of hydrogen-bond donors (Lipinski definition) is 2. The van der Waals surface area contributed by atoms with Gasteiger partial charge in [-0.2, -0.15) is 0 Å². The molecule has 0 saturated carbocycles. The van der Waals surface area contributed by atoms with Crippen LogP contribution in [0.15, 0.2) is 10.4 Å². The predicted molar refractivity (Wildman–Crippen MR) is 112 cm³/mol. The lowest BCUT2D eigenvalue weighted by Gasteiger charge is -2.20. The number of nitrogens with one attached hydrogen (secondary N) is 2. The average Bonchev–Trinajstić information content (AvgIpc) is 3.40. The van der Waals surface area contributed by atoms with Crippen LogP contribution >= 0.6 is 11.3 Å². The van der Waals surface area contributed by atoms with E-state index in [0.717, 1.165) is 62.4 Å². The molecule has 0 radical (unpaired) electrons. The van der Waals surface area contributed by atoms with Crippen LogP contribution in [0.3, 0.4) is 0 Å². The number of carbonyl (C=O) groups is 1. The summed E-state index contributed by atoms with van der Waals surface area (Å²) < 4.78 is 0. The molecule has 2 aliphatic rings. The van der Waals surface area contributed by atoms with Gasteiger partial charge in [0.15, 0.2) is 11.1 Å². The van der Waals surface area contributed by atoms with Crippen LogP contribution in [0.2, 0.25) is 0 Å². The van der Waals surface area contributed by atoms with Crippen molar-refractivity contribution in [2.45, 2.75) is 45.6 Å². The number of amides is 1. The van der Waals surface area contributed by atoms with E-state index in [9.17, 15) is 4.79 Å². The normalized spacial score (nSPS) is 20.6. The van der Waals surface area contributed by atoms with Crippen molar-refractivity contribution in [1.82, 2.24) is 20.5 Å². The van der Waals surface area contributed by atoms with E-state index in [4.69, 9.17) is 4.98 Å². The minimum absolute atomic E-state index is 0.0600. The van der Waals surface area contributed by atoms with Crippen molar-refractivity contribution < 1.29 is 4.79 Å². The molecule has 2 saturated heterocycles. The van der Waals surface area contributed by atoms with Gasteiger partial charge in [0.1, 0.15) is 0 Å². The van der Waals surface area contributed by atoms with Gasteiger partial charge >= 0.3 is 0 Å². The van der Waals surface area contributed by atoms with Crippen molar-refractivity contribution in [3.8, 4) is 0 Å². The van der Waals surface area contributed by atoms with Crippen molar-refractivity contribution >= 4 is 28.3 Å². The molecule has 1 aromatic rings. The number of aromatic nitrogens is 1. The van der Waals surface area contributed by atoms with Crippen molar-refractivity contribution in [2.75, 3.05) is 44.7 Å². The fraction of sp³-hybridized carbons (Fsp3) is 0.737. The summed E-state index contributed by atoms with van der Waals surface area (Å²) >= 11 is 1.75. The molecule has 1 aromatic heterocycles. The van der Waals surface area contributed by atoms with Crippen LogP contribution in [-0.4, -0.2) is 67.6 Å². The van der Waals surface area contributed by atoms with Crippen LogP contribution in [-0.2, 0) is 11.2 Å². The van der Waals surface area contributed by atoms with Gasteiger partial charge in [0, 0.05) is 63.5 Å². The quantitative estimate of drug-likeness (QED) is 0.570. The summed E-state index contributed by atoms with van der Waals surface area (Å²) in [4.78, 5) is 25.5. The lowest BCUT2D eigenvalue weighted by molar-refractivity contribution is -0.133. The van der Waals surface area contributed by atoms with Gasteiger partial charge in [-0.05, 0) is 19.3 Å². The molecule has 2 N–H and O–H groups in total. The fourth-order valence-corrected chi connectivity index (χ4v) is 4.52. The summed E-state index contributed by atoms with van der Waals surface area (Å²) in [6.07, 6.45) is 4.40. The molecular formula is C19H32N6OS. The molecule has 1 unspecified atom stereocenters. The lowest BCUT2D eigenvalue weighted by Crippen LogP contribution is -2.45. The molecule has 1 amide bonds. The van der Waals surface area contributed by atoms with Gasteiger partial charge in [-0.25, -0.2) is 4.98 Å². The molecule has 0 aromatic carbocycles. The van der Waals surface area contributed by atoms with Crippen LogP contribution in [0, 0.1) is 5.92 Å². The molecule has 3 rings (SSSR count). The molecule has 150 valence electrons. The van der Waals surface area contributed by atoms with Gasteiger partial charge < -0.3 is 20.4 Å². The summed E-state index contributed by atoms with van der Waals surface area (Å²) in [7, 11) is 1.79. The topological polar surface area (TPSA) is 72.9 Å². The molecule has 7 nitrogen and oxygen atoms in total. The molecule has 1 atom stereocenters. The maximum Gasteiger partial charge on any atom is 0.225 e. The predicted octanol–water partition coefficient (Wildman–Crippen LogP) is 1.71. The fourth-order valence-electron chi connectivity index (χ4n) is 3.61. The molecule has 2 fully saturated rings. The maximum atomic E-state index is 12.1. The second kappa shape index (κ2) is 9.39. The van der Waals surface area contributed by atoms with Crippen LogP contribution in [0.25, 0.3) is 0 Å². The van der Waals surface area contributed by atoms with Crippen LogP contribution in [0.5, 0.6) is 0 Å². The molecule has 27 heavy (non-hydrogen) atoms. The Morgan fingerprint density at radius 2 is 2.15 bits per heavy atom. The molecule has 0 aliphatic carbocycles. The Balaban J connectivity index is 1.40. The standard InChI is InChI=1S/C19H32N6OS/c1-14(2)17(26)25-11-7-15(12-25)22-18(20-3)21-8-6-16-13-27-19(23-16)24-9-4-5-10-24/h13-15H,4-12H2,1-3H3,(H2,20,21,22). The highest BCUT2D eigenvalue weighted by Gasteiger charge is 2.27. The number of thiazole rings is 1. The third-order valence-corrected chi connectivity index (χ3v) is 6.10. The Hall–Kier alpha value is -1.83. The number of hydrogen-bond acceptors (Lipinski definition) is 5. The monoisotopic (exact) mass is 392 g/mol. The third kappa shape index (κ3) is 5.34. The second-order valence-corrected chi connectivity index (χ2v) is 8.47. The summed E-state index contributed by atoms with van der Waals surface area (Å²) in [5.41, 5.74) is 1.14. The van der Waals surface area contributed by atoms with E-state index in [2.05, 4.69) is 25.9 Å². The zero-order valence-electron chi connectivity index (χ0n) is 16.7. The number of guanidine groups is 1. The first-order valence-corrected chi connectivity index (χ1v) is 10.9. The Labute approximate surface area is 166 Å². The first-order chi connectivity index (χ1) is 13.1. The Morgan fingerprint density at radius 1 is 1.37 bits per heavy atom. The summed E-state index contributed by atoms with van der Waals surface area (Å²) in [5, 5.41) is 10.1. The number of anilines is 1. The first kappa shape index (κ1) is 19.9. The van der Waals surface area contributed by atoms with Gasteiger partial charge in [-0.1, -0.05) is 13.8 Å². The van der Waals surface area contributed by atoms with E-state index < -0.39 is 0 Å². The van der Waals surface area contributed by atoms with E-state index in [1.165, 1.54) is 12.8 Å². The number of nitrogens with zero attached hydrogens (tertiary/aromatic N) is 4. The number of rotatable bonds is 6. The molecular weight excluding hydrogens is 360 g/mol. The van der Waals surface area contributed by atoms with E-state index in [-0.39, 0.29) is 17.9 Å². The van der Waals surface area contributed by atoms with Crippen molar-refractivity contribution in [1.29, 1.82) is 0 Å². The number of carbonyl (C=O) groups excluding carboxylic acids is 1. The van der Waals surface area contributed by atoms with Crippen LogP contribution in [0.4, 0.5) is 5.13 Å². The zero-order chi connectivity index (χ0) is 19.2. The first-order valence-electron chi connectivity index (χ1n) is 10.0. The highest BCUT2D eigenvalue weighted by Crippen LogP contribution is 2.24. The number of aliphatic imine (C=N–C) groups is 1. The average molecular weight is 393 g/mol. The van der Waals surface area contributed by atoms with Gasteiger partial charge in [-0.15, -0.1) is 11.3 Å². The maximum absolute atomic E-state index is 12.1. The summed E-state index contributed by atoms with van der Waals surface area (Å²) in [5.74, 6) is 1.10. The van der Waals surface area contributed by atoms with Crippen LogP contribution < -0.4 is 15.5 Å². The highest BCUT2D eigenvalue weighted by molar-refractivity contribution is 7.13. The van der Waals surface area contributed by atoms with Gasteiger partial charge in [0.2, 0.25) is 5.91 Å². The Morgan fingerprint density at radius 3 is 2.85 bits per heavy atom. The van der Waals surface area contributed by atoms with Gasteiger partial charge in [0.25, 0.3) is 0 Å². The van der Waals surface area contributed by atoms with E-state index in [0.29, 0.717) is 0 Å². The third-order valence-electron chi connectivity index (χ3n) is 5.15. The molecule has 0 bridgehead atoms. The molecule has 3 heterocycles. The van der Waals surface area contributed by atoms with Gasteiger partial charge in [0.05, 0.1) is 5.69 Å². The van der Waals surface area contributed by atoms with Gasteiger partial charge in [-0.3, -0.25) is 9.79 Å². The van der Waals surface area contributed by atoms with E-state index in [1.807, 2.05) is 18.7 Å². The Bertz CT molecular complexity index is 652. The Kier molecular flexibility index (Phi) is 6.93. The van der Waals surface area contributed by atoms with E-state index in [1.54, 1.807) is 18.4 Å². The van der Waals surface area contributed by atoms with Crippen molar-refractivity contribution in [2.24, 2.45) is 10.9 Å². The summed E-state index contributed by atoms with van der Waals surface area (Å²) in [6, 6.07) is 0.264. The molecule has 0 spiro atoms. The second-order valence-electron chi connectivity index (χ2n) is 7.63. The van der Waals surface area contributed by atoms with Crippen LogP contribution in [0.1, 0.15) is 38.8 Å². The van der Waals surface area contributed by atoms with E-state index >= 15 is 0 Å². The molecule has 2 aliphatic heterocycles. The van der Waals surface area contributed by atoms with Crippen molar-refractivity contribution in [3.05, 3.63) is 11.1 Å².